The lowest BCUT2D eigenvalue weighted by Crippen LogP contribution is -2.45. The van der Waals surface area contributed by atoms with Gasteiger partial charge in [-0.25, -0.2) is 13.2 Å². The maximum Gasteiger partial charge on any atom is 0.404 e. The molecule has 1 aliphatic heterocycles. The number of carbonyl (C=O) groups is 1. The van der Waals surface area contributed by atoms with E-state index in [0.29, 0.717) is 6.42 Å². The molecule has 2 aromatic rings. The van der Waals surface area contributed by atoms with Gasteiger partial charge in [0.15, 0.2) is 5.75 Å². The molecule has 1 aromatic heterocycles. The molecule has 0 spiro atoms. The van der Waals surface area contributed by atoms with Crippen LogP contribution in [-0.4, -0.2) is 55.2 Å². The number of esters is 1. The largest absolute Gasteiger partial charge is 0.460 e. The average Bonchev–Trinajstić information content (AvgIpc) is 3.34. The third-order valence-electron chi connectivity index (χ3n) is 6.42. The van der Waals surface area contributed by atoms with Crippen molar-refractivity contribution in [3.63, 3.8) is 0 Å². The van der Waals surface area contributed by atoms with Gasteiger partial charge in [-0.15, -0.1) is 20.4 Å². The lowest BCUT2D eigenvalue weighted by atomic mass is 9.90. The first-order chi connectivity index (χ1) is 18.8. The van der Waals surface area contributed by atoms with Crippen molar-refractivity contribution in [2.24, 2.45) is 16.1 Å². The van der Waals surface area contributed by atoms with Gasteiger partial charge in [0, 0.05) is 17.8 Å². The van der Waals surface area contributed by atoms with E-state index < -0.39 is 27.9 Å². The highest BCUT2D eigenvalue weighted by Crippen LogP contribution is 2.42. The molecule has 40 heavy (non-hydrogen) atoms. The maximum atomic E-state index is 13.0. The Morgan fingerprint density at radius 3 is 2.50 bits per heavy atom. The highest BCUT2D eigenvalue weighted by molar-refractivity contribution is 7.92. The predicted molar refractivity (Wildman–Crippen MR) is 148 cm³/mol. The molecule has 0 saturated heterocycles. The number of hydrogen-bond acceptors (Lipinski definition) is 10. The number of alkyl halides is 3. The fourth-order valence-corrected chi connectivity index (χ4v) is 6.18. The Kier molecular flexibility index (Phi) is 10.5. The number of halogens is 3. The van der Waals surface area contributed by atoms with Crippen LogP contribution in [0, 0.1) is 5.92 Å². The summed E-state index contributed by atoms with van der Waals surface area (Å²) in [6.45, 7) is 10.2. The summed E-state index contributed by atoms with van der Waals surface area (Å²) in [5.74, 6) is -2.57. The minimum atomic E-state index is -4.93. The maximum absolute atomic E-state index is 13.0. The van der Waals surface area contributed by atoms with Gasteiger partial charge >= 0.3 is 12.1 Å². The number of carbonyl (C=O) groups excluding carboxylic acids is 1. The molecule has 0 fully saturated rings. The monoisotopic (exact) mass is 604 g/mol. The normalized spacial score (nSPS) is 16.1. The van der Waals surface area contributed by atoms with Crippen molar-refractivity contribution in [2.75, 3.05) is 22.0 Å². The van der Waals surface area contributed by atoms with Gasteiger partial charge in [0.1, 0.15) is 5.69 Å². The van der Waals surface area contributed by atoms with Crippen molar-refractivity contribution in [3.05, 3.63) is 22.7 Å². The zero-order valence-electron chi connectivity index (χ0n) is 23.2. The van der Waals surface area contributed by atoms with Crippen LogP contribution in [0.3, 0.4) is 0 Å². The van der Waals surface area contributed by atoms with Gasteiger partial charge < -0.3 is 9.64 Å². The number of nitrogens with one attached hydrogen (secondary N) is 1. The number of rotatable bonds is 12. The second-order valence-electron chi connectivity index (χ2n) is 10.0. The van der Waals surface area contributed by atoms with Crippen LogP contribution in [0.2, 0.25) is 0 Å². The number of fused-ring (bicyclic) bond motifs is 1. The minimum absolute atomic E-state index is 0.00280. The predicted octanol–water partition coefficient (Wildman–Crippen LogP) is 6.79. The van der Waals surface area contributed by atoms with E-state index in [-0.39, 0.29) is 46.1 Å². The molecule has 1 aliphatic rings. The van der Waals surface area contributed by atoms with E-state index >= 15 is 0 Å². The summed E-state index contributed by atoms with van der Waals surface area (Å²) in [7, 11) is -4.79. The fraction of sp³-hybridized carbons (Fsp3) is 0.640. The number of benzene rings is 1. The Bertz CT molecular complexity index is 1310. The quantitative estimate of drug-likeness (QED) is 0.209. The van der Waals surface area contributed by atoms with Gasteiger partial charge in [-0.2, -0.15) is 13.2 Å². The Morgan fingerprint density at radius 1 is 1.20 bits per heavy atom. The smallest absolute Gasteiger partial charge is 0.404 e. The number of sulfonamides is 1. The molecular weight excluding hydrogens is 569 g/mol. The van der Waals surface area contributed by atoms with Crippen molar-refractivity contribution in [1.29, 1.82) is 0 Å². The lowest BCUT2D eigenvalue weighted by molar-refractivity contribution is -0.106. The molecule has 1 N–H and O–H groups in total. The molecule has 0 radical (unpaired) electrons. The number of aryl methyl sites for hydroxylation is 1. The molecule has 1 aromatic carbocycles. The highest BCUT2D eigenvalue weighted by Gasteiger charge is 2.36. The van der Waals surface area contributed by atoms with E-state index in [0.717, 1.165) is 48.3 Å². The number of nitrogens with zero attached hydrogens (tertiary/aromatic N) is 5. The summed E-state index contributed by atoms with van der Waals surface area (Å²) in [6, 6.07) is 3.57. The second-order valence-corrected chi connectivity index (χ2v) is 12.7. The van der Waals surface area contributed by atoms with E-state index in [4.69, 9.17) is 4.74 Å². The van der Waals surface area contributed by atoms with Gasteiger partial charge in [-0.1, -0.05) is 46.0 Å². The zero-order chi connectivity index (χ0) is 29.7. The number of ether oxygens (including phenoxy) is 1. The van der Waals surface area contributed by atoms with Crippen LogP contribution in [0.15, 0.2) is 22.4 Å². The van der Waals surface area contributed by atoms with Crippen LogP contribution in [0.25, 0.3) is 0 Å². The summed E-state index contributed by atoms with van der Waals surface area (Å²) in [4.78, 5) is 14.4. The summed E-state index contributed by atoms with van der Waals surface area (Å²) < 4.78 is 71.1. The van der Waals surface area contributed by atoms with Crippen molar-refractivity contribution in [3.8, 4) is 0 Å². The van der Waals surface area contributed by atoms with Gasteiger partial charge in [-0.3, -0.25) is 4.72 Å². The molecule has 0 aliphatic carbocycles. The van der Waals surface area contributed by atoms with E-state index in [1.54, 1.807) is 12.1 Å². The Balaban J connectivity index is 2.03. The van der Waals surface area contributed by atoms with Gasteiger partial charge in [0.25, 0.3) is 5.13 Å². The van der Waals surface area contributed by atoms with Crippen LogP contribution in [-0.2, 0) is 21.2 Å². The second kappa shape index (κ2) is 13.2. The summed E-state index contributed by atoms with van der Waals surface area (Å²) in [5.41, 5.74) is 1.56. The first kappa shape index (κ1) is 31.7. The van der Waals surface area contributed by atoms with Crippen molar-refractivity contribution in [1.82, 2.24) is 10.2 Å². The molecular formula is C25H35F3N6O4S2. The summed E-state index contributed by atoms with van der Waals surface area (Å²) in [5, 5.41) is 15.7. The zero-order valence-corrected chi connectivity index (χ0v) is 24.8. The Morgan fingerprint density at radius 2 is 1.90 bits per heavy atom. The van der Waals surface area contributed by atoms with Crippen LogP contribution in [0.4, 0.5) is 35.4 Å². The number of anilines is 2. The first-order valence-corrected chi connectivity index (χ1v) is 15.7. The van der Waals surface area contributed by atoms with Gasteiger partial charge in [0.05, 0.1) is 12.3 Å². The van der Waals surface area contributed by atoms with Crippen molar-refractivity contribution in [2.45, 2.75) is 85.0 Å². The molecule has 1 atom stereocenters. The Labute approximate surface area is 236 Å². The van der Waals surface area contributed by atoms with Crippen LogP contribution < -0.4 is 9.62 Å². The molecule has 1 unspecified atom stereocenters. The molecule has 222 valence electrons. The molecule has 15 heteroatoms. The molecule has 10 nitrogen and oxygen atoms in total. The Hall–Kier alpha value is -2.81. The number of aromatic nitrogens is 2. The fourth-order valence-electron chi connectivity index (χ4n) is 4.62. The van der Waals surface area contributed by atoms with E-state index in [9.17, 15) is 26.4 Å². The third-order valence-corrected chi connectivity index (χ3v) is 8.45. The topological polar surface area (TPSA) is 126 Å². The molecule has 3 rings (SSSR count). The summed E-state index contributed by atoms with van der Waals surface area (Å²) in [6.07, 6.45) is -0.805. The highest BCUT2D eigenvalue weighted by atomic mass is 32.2. The lowest BCUT2D eigenvalue weighted by Gasteiger charge is -2.44. The van der Waals surface area contributed by atoms with Crippen LogP contribution >= 0.6 is 11.3 Å². The molecule has 2 heterocycles. The SMILES string of the molecule is CCC(CC)N1c2cc(NS(=O)(=O)CC(F)(F)F)c(N=Nc3nnc(C(=O)OCC(C)C)s3)cc2CCC1CC. The van der Waals surface area contributed by atoms with E-state index in [1.165, 1.54) is 0 Å². The third kappa shape index (κ3) is 8.35. The number of azo groups is 1. The first-order valence-electron chi connectivity index (χ1n) is 13.2. The van der Waals surface area contributed by atoms with Gasteiger partial charge in [-0.05, 0) is 55.7 Å². The van der Waals surface area contributed by atoms with E-state index in [1.807, 2.05) is 13.8 Å². The van der Waals surface area contributed by atoms with Crippen molar-refractivity contribution < 1.29 is 31.1 Å². The molecule has 0 saturated carbocycles. The standard InChI is InChI=1S/C25H35F3N6O4S2/c1-6-17(7-2)34-18(8-3)10-9-16-11-19(20(12-21(16)34)33-40(36,37)14-25(26,27)28)29-31-24-32-30-22(39-24)23(35)38-13-15(4)5/h11-12,15,17-18,33H,6-10,13-14H2,1-5H3. The van der Waals surface area contributed by atoms with Crippen molar-refractivity contribution >= 4 is 49.5 Å². The van der Waals surface area contributed by atoms with Gasteiger partial charge in [0.2, 0.25) is 15.0 Å². The molecule has 0 amide bonds. The molecule has 0 bridgehead atoms. The summed E-state index contributed by atoms with van der Waals surface area (Å²) >= 11 is 0.828. The minimum Gasteiger partial charge on any atom is -0.460 e. The average molecular weight is 605 g/mol. The number of hydrogen-bond donors (Lipinski definition) is 1. The van der Waals surface area contributed by atoms with Crippen LogP contribution in [0.1, 0.15) is 75.7 Å². The van der Waals surface area contributed by atoms with E-state index in [2.05, 4.69) is 50.8 Å². The van der Waals surface area contributed by atoms with Crippen LogP contribution in [0.5, 0.6) is 0 Å².